The van der Waals surface area contributed by atoms with E-state index in [4.69, 9.17) is 16.7 Å². The molecule has 1 aromatic rings. The number of carboxylic acid groups (broad SMARTS) is 1. The van der Waals surface area contributed by atoms with Gasteiger partial charge in [0.05, 0.1) is 15.5 Å². The Morgan fingerprint density at radius 3 is 2.10 bits per heavy atom. The lowest BCUT2D eigenvalue weighted by atomic mass is 9.95. The van der Waals surface area contributed by atoms with E-state index in [1.54, 1.807) is 9.80 Å². The standard InChI is InChI=1S/C18H21ClN4O6/c19-15-11-13(23(28)29)1-2-14(15)17(25)21-9-7-20(8-10-21)16(24)12-3-5-22(6-4-12)18(26)27/h1-2,11-12H,3-10H2,(H,26,27). The third kappa shape index (κ3) is 4.58. The van der Waals surface area contributed by atoms with E-state index < -0.39 is 11.0 Å². The van der Waals surface area contributed by atoms with Gasteiger partial charge >= 0.3 is 6.09 Å². The van der Waals surface area contributed by atoms with Crippen LogP contribution in [-0.4, -0.2) is 81.9 Å². The highest BCUT2D eigenvalue weighted by Crippen LogP contribution is 2.25. The summed E-state index contributed by atoms with van der Waals surface area (Å²) in [6.07, 6.45) is 0.0404. The summed E-state index contributed by atoms with van der Waals surface area (Å²) in [5.41, 5.74) is 0.00833. The van der Waals surface area contributed by atoms with Crippen LogP contribution < -0.4 is 0 Å². The van der Waals surface area contributed by atoms with Crippen molar-refractivity contribution in [3.63, 3.8) is 0 Å². The number of nitro benzene ring substituents is 1. The molecule has 10 nitrogen and oxygen atoms in total. The Kier molecular flexibility index (Phi) is 6.21. The third-order valence-electron chi connectivity index (χ3n) is 5.39. The van der Waals surface area contributed by atoms with E-state index in [1.807, 2.05) is 0 Å². The summed E-state index contributed by atoms with van der Waals surface area (Å²) in [5, 5.41) is 19.8. The molecular formula is C18H21ClN4O6. The van der Waals surface area contributed by atoms with Gasteiger partial charge in [-0.1, -0.05) is 11.6 Å². The van der Waals surface area contributed by atoms with Gasteiger partial charge in [0, 0.05) is 57.3 Å². The SMILES string of the molecule is O=C(O)N1CCC(C(=O)N2CCN(C(=O)c3ccc([N+](=O)[O-])cc3Cl)CC2)CC1. The van der Waals surface area contributed by atoms with Crippen LogP contribution >= 0.6 is 11.6 Å². The average Bonchev–Trinajstić information content (AvgIpc) is 2.72. The third-order valence-corrected chi connectivity index (χ3v) is 5.70. The van der Waals surface area contributed by atoms with Crippen LogP contribution in [0.15, 0.2) is 18.2 Å². The summed E-state index contributed by atoms with van der Waals surface area (Å²) in [5.74, 6) is -0.528. The molecule has 0 bridgehead atoms. The number of piperidine rings is 1. The number of carbonyl (C=O) groups is 3. The lowest BCUT2D eigenvalue weighted by molar-refractivity contribution is -0.384. The van der Waals surface area contributed by atoms with Crippen LogP contribution in [0.4, 0.5) is 10.5 Å². The van der Waals surface area contributed by atoms with Crippen molar-refractivity contribution in [3.8, 4) is 0 Å². The number of amides is 3. The quantitative estimate of drug-likeness (QED) is 0.583. The van der Waals surface area contributed by atoms with E-state index >= 15 is 0 Å². The van der Waals surface area contributed by atoms with Crippen LogP contribution in [0.2, 0.25) is 5.02 Å². The first-order chi connectivity index (χ1) is 13.8. The zero-order chi connectivity index (χ0) is 21.1. The average molecular weight is 425 g/mol. The lowest BCUT2D eigenvalue weighted by Gasteiger charge is -2.38. The highest BCUT2D eigenvalue weighted by atomic mass is 35.5. The molecule has 2 saturated heterocycles. The second-order valence-electron chi connectivity index (χ2n) is 7.08. The molecule has 156 valence electrons. The highest BCUT2D eigenvalue weighted by Gasteiger charge is 2.32. The fourth-order valence-corrected chi connectivity index (χ4v) is 3.92. The van der Waals surface area contributed by atoms with Crippen molar-refractivity contribution in [1.82, 2.24) is 14.7 Å². The molecule has 11 heteroatoms. The van der Waals surface area contributed by atoms with Crippen molar-refractivity contribution < 1.29 is 24.4 Å². The number of non-ortho nitro benzene ring substituents is 1. The zero-order valence-corrected chi connectivity index (χ0v) is 16.4. The minimum absolute atomic E-state index is 0.00416. The van der Waals surface area contributed by atoms with Crippen molar-refractivity contribution >= 4 is 35.2 Å². The molecule has 0 aliphatic carbocycles. The molecule has 2 heterocycles. The van der Waals surface area contributed by atoms with Gasteiger partial charge in [0.1, 0.15) is 0 Å². The number of likely N-dealkylation sites (tertiary alicyclic amines) is 1. The number of rotatable bonds is 3. The van der Waals surface area contributed by atoms with Crippen LogP contribution in [-0.2, 0) is 4.79 Å². The van der Waals surface area contributed by atoms with Gasteiger partial charge in [-0.05, 0) is 18.9 Å². The second-order valence-corrected chi connectivity index (χ2v) is 7.49. The summed E-state index contributed by atoms with van der Waals surface area (Å²) in [7, 11) is 0. The number of piperazine rings is 1. The maximum Gasteiger partial charge on any atom is 0.407 e. The molecule has 1 N–H and O–H groups in total. The van der Waals surface area contributed by atoms with Crippen LogP contribution in [0.1, 0.15) is 23.2 Å². The van der Waals surface area contributed by atoms with Gasteiger partial charge in [0.25, 0.3) is 11.6 Å². The van der Waals surface area contributed by atoms with E-state index in [-0.39, 0.29) is 34.0 Å². The number of hydrogen-bond acceptors (Lipinski definition) is 5. The Hall–Kier alpha value is -2.88. The smallest absolute Gasteiger partial charge is 0.407 e. The highest BCUT2D eigenvalue weighted by molar-refractivity contribution is 6.34. The summed E-state index contributed by atoms with van der Waals surface area (Å²) >= 11 is 6.04. The predicted molar refractivity (Wildman–Crippen MR) is 103 cm³/mol. The maximum atomic E-state index is 12.7. The molecule has 3 rings (SSSR count). The van der Waals surface area contributed by atoms with Crippen molar-refractivity contribution in [2.24, 2.45) is 5.92 Å². The maximum absolute atomic E-state index is 12.7. The molecule has 0 spiro atoms. The molecule has 0 atom stereocenters. The van der Waals surface area contributed by atoms with Gasteiger partial charge in [0.15, 0.2) is 0 Å². The molecule has 1 aromatic carbocycles. The molecule has 2 fully saturated rings. The van der Waals surface area contributed by atoms with Crippen molar-refractivity contribution in [3.05, 3.63) is 38.9 Å². The Morgan fingerprint density at radius 1 is 1.00 bits per heavy atom. The Morgan fingerprint density at radius 2 is 1.59 bits per heavy atom. The molecule has 0 saturated carbocycles. The van der Waals surface area contributed by atoms with E-state index in [9.17, 15) is 24.5 Å². The van der Waals surface area contributed by atoms with Gasteiger partial charge in [-0.3, -0.25) is 19.7 Å². The largest absolute Gasteiger partial charge is 0.465 e. The number of benzene rings is 1. The first-order valence-corrected chi connectivity index (χ1v) is 9.65. The number of hydrogen-bond donors (Lipinski definition) is 1. The van der Waals surface area contributed by atoms with Crippen molar-refractivity contribution in [2.45, 2.75) is 12.8 Å². The van der Waals surface area contributed by atoms with E-state index in [0.29, 0.717) is 52.1 Å². The van der Waals surface area contributed by atoms with E-state index in [2.05, 4.69) is 0 Å². The van der Waals surface area contributed by atoms with E-state index in [0.717, 1.165) is 6.07 Å². The number of nitro groups is 1. The molecule has 0 aromatic heterocycles. The van der Waals surface area contributed by atoms with Crippen LogP contribution in [0.25, 0.3) is 0 Å². The minimum atomic E-state index is -0.965. The van der Waals surface area contributed by atoms with Gasteiger partial charge in [0.2, 0.25) is 5.91 Å². The summed E-state index contributed by atoms with van der Waals surface area (Å²) in [6, 6.07) is 3.73. The first kappa shape index (κ1) is 20.8. The Labute approximate surface area is 171 Å². The fourth-order valence-electron chi connectivity index (χ4n) is 3.67. The molecular weight excluding hydrogens is 404 g/mol. The van der Waals surface area contributed by atoms with Crippen LogP contribution in [0.5, 0.6) is 0 Å². The summed E-state index contributed by atoms with van der Waals surface area (Å²) < 4.78 is 0. The van der Waals surface area contributed by atoms with Gasteiger partial charge < -0.3 is 19.8 Å². The molecule has 3 amide bonds. The Bertz CT molecular complexity index is 832. The van der Waals surface area contributed by atoms with Crippen molar-refractivity contribution in [1.29, 1.82) is 0 Å². The van der Waals surface area contributed by atoms with E-state index in [1.165, 1.54) is 17.0 Å². The fraction of sp³-hybridized carbons (Fsp3) is 0.500. The zero-order valence-electron chi connectivity index (χ0n) is 15.6. The molecule has 0 radical (unpaired) electrons. The van der Waals surface area contributed by atoms with Gasteiger partial charge in [-0.2, -0.15) is 0 Å². The molecule has 0 unspecified atom stereocenters. The Balaban J connectivity index is 1.55. The lowest BCUT2D eigenvalue weighted by Crippen LogP contribution is -2.53. The number of carbonyl (C=O) groups excluding carboxylic acids is 2. The summed E-state index contributed by atoms with van der Waals surface area (Å²) in [4.78, 5) is 51.2. The van der Waals surface area contributed by atoms with Crippen molar-refractivity contribution in [2.75, 3.05) is 39.3 Å². The number of nitrogens with zero attached hydrogens (tertiary/aromatic N) is 4. The van der Waals surface area contributed by atoms with Gasteiger partial charge in [-0.25, -0.2) is 4.79 Å². The monoisotopic (exact) mass is 424 g/mol. The molecule has 2 aliphatic heterocycles. The topological polar surface area (TPSA) is 124 Å². The predicted octanol–water partition coefficient (Wildman–Crippen LogP) is 1.92. The van der Waals surface area contributed by atoms with Gasteiger partial charge in [-0.15, -0.1) is 0 Å². The summed E-state index contributed by atoms with van der Waals surface area (Å²) in [6.45, 7) is 2.14. The second kappa shape index (κ2) is 8.64. The number of halogens is 1. The normalized spacial score (nSPS) is 17.9. The molecule has 2 aliphatic rings. The van der Waals surface area contributed by atoms with Crippen LogP contribution in [0.3, 0.4) is 0 Å². The first-order valence-electron chi connectivity index (χ1n) is 9.28. The molecule has 29 heavy (non-hydrogen) atoms. The van der Waals surface area contributed by atoms with Crippen LogP contribution in [0, 0.1) is 16.0 Å². The minimum Gasteiger partial charge on any atom is -0.465 e.